The molecule has 0 atom stereocenters. The van der Waals surface area contributed by atoms with Crippen molar-refractivity contribution in [2.24, 2.45) is 0 Å². The summed E-state index contributed by atoms with van der Waals surface area (Å²) in [4.78, 5) is 0. The first kappa shape index (κ1) is 18.2. The van der Waals surface area contributed by atoms with Gasteiger partial charge >= 0.3 is 0 Å². The molecule has 0 fully saturated rings. The highest BCUT2D eigenvalue weighted by atomic mass is 19.1. The molecule has 0 saturated carbocycles. The van der Waals surface area contributed by atoms with Gasteiger partial charge in [-0.2, -0.15) is 5.10 Å². The van der Waals surface area contributed by atoms with E-state index in [9.17, 15) is 4.39 Å². The molecule has 0 aliphatic rings. The number of hydrogen-bond donors (Lipinski definition) is 0. The minimum Gasteiger partial charge on any atom is -0.491 e. The number of halogens is 1. The second-order valence-electron chi connectivity index (χ2n) is 6.82. The van der Waals surface area contributed by atoms with E-state index in [1.807, 2.05) is 42.9 Å². The Labute approximate surface area is 154 Å². The van der Waals surface area contributed by atoms with Crippen LogP contribution in [0.5, 0.6) is 5.75 Å². The first-order chi connectivity index (χ1) is 12.5. The average Bonchev–Trinajstić information content (AvgIpc) is 3.06. The van der Waals surface area contributed by atoms with Crippen molar-refractivity contribution in [2.45, 2.75) is 40.0 Å². The van der Waals surface area contributed by atoms with Crippen LogP contribution in [0.2, 0.25) is 0 Å². The molecule has 1 heterocycles. The number of ether oxygens (including phenoxy) is 1. The number of aryl methyl sites for hydroxylation is 1. The normalized spacial score (nSPS) is 11.2. The van der Waals surface area contributed by atoms with Gasteiger partial charge in [0.2, 0.25) is 0 Å². The van der Waals surface area contributed by atoms with Gasteiger partial charge in [-0.15, -0.1) is 0 Å². The molecule has 26 heavy (non-hydrogen) atoms. The Kier molecular flexibility index (Phi) is 5.40. The molecule has 2 aromatic carbocycles. The minimum atomic E-state index is -0.333. The van der Waals surface area contributed by atoms with Crippen LogP contribution in [0.3, 0.4) is 0 Å². The lowest BCUT2D eigenvalue weighted by Crippen LogP contribution is -2.03. The maximum atomic E-state index is 14.4. The highest BCUT2D eigenvalue weighted by molar-refractivity contribution is 5.68. The maximum absolute atomic E-state index is 14.4. The predicted octanol–water partition coefficient (Wildman–Crippen LogP) is 5.90. The van der Waals surface area contributed by atoms with Gasteiger partial charge in [-0.25, -0.2) is 9.07 Å². The van der Waals surface area contributed by atoms with Crippen molar-refractivity contribution in [1.82, 2.24) is 9.78 Å². The van der Waals surface area contributed by atoms with Crippen LogP contribution in [0.15, 0.2) is 48.7 Å². The molecule has 0 unspecified atom stereocenters. The molecule has 0 aliphatic heterocycles. The van der Waals surface area contributed by atoms with E-state index in [4.69, 9.17) is 4.74 Å². The van der Waals surface area contributed by atoms with Crippen molar-refractivity contribution < 1.29 is 9.13 Å². The zero-order valence-corrected chi connectivity index (χ0v) is 15.8. The summed E-state index contributed by atoms with van der Waals surface area (Å²) in [5.41, 5.74) is 4.98. The summed E-state index contributed by atoms with van der Waals surface area (Å²) in [5, 5.41) is 4.55. The van der Waals surface area contributed by atoms with Crippen LogP contribution < -0.4 is 4.74 Å². The Morgan fingerprint density at radius 2 is 1.81 bits per heavy atom. The Hall–Kier alpha value is -2.62. The molecule has 136 valence electrons. The van der Waals surface area contributed by atoms with E-state index in [1.165, 1.54) is 11.6 Å². The number of hydrogen-bond acceptors (Lipinski definition) is 2. The smallest absolute Gasteiger partial charge is 0.165 e. The number of benzene rings is 2. The standard InChI is InChI=1S/C22H25FN2O/c1-5-12-26-22-9-7-17(13-20(22)23)18-6-8-19(15(2)3)21(14-18)25-11-10-16(4)24-25/h6-11,13-15H,5,12H2,1-4H3. The van der Waals surface area contributed by atoms with Crippen molar-refractivity contribution in [3.05, 3.63) is 65.7 Å². The molecule has 3 aromatic rings. The van der Waals surface area contributed by atoms with Crippen LogP contribution in [0, 0.1) is 12.7 Å². The third kappa shape index (κ3) is 3.79. The lowest BCUT2D eigenvalue weighted by Gasteiger charge is -2.15. The number of nitrogens with zero attached hydrogens (tertiary/aromatic N) is 2. The number of rotatable bonds is 6. The fraction of sp³-hybridized carbons (Fsp3) is 0.318. The lowest BCUT2D eigenvalue weighted by molar-refractivity contribution is 0.301. The molecule has 3 rings (SSSR count). The molecule has 0 bridgehead atoms. The van der Waals surface area contributed by atoms with E-state index >= 15 is 0 Å². The molecule has 0 N–H and O–H groups in total. The van der Waals surface area contributed by atoms with E-state index in [1.54, 1.807) is 6.07 Å². The summed E-state index contributed by atoms with van der Waals surface area (Å²) in [6.45, 7) is 8.81. The van der Waals surface area contributed by atoms with Crippen molar-refractivity contribution in [1.29, 1.82) is 0 Å². The minimum absolute atomic E-state index is 0.303. The molecule has 1 aromatic heterocycles. The van der Waals surface area contributed by atoms with Crippen LogP contribution in [0.4, 0.5) is 4.39 Å². The predicted molar refractivity (Wildman–Crippen MR) is 104 cm³/mol. The quantitative estimate of drug-likeness (QED) is 0.552. The van der Waals surface area contributed by atoms with Gasteiger partial charge in [-0.1, -0.05) is 39.0 Å². The SMILES string of the molecule is CCCOc1ccc(-c2ccc(C(C)C)c(-n3ccc(C)n3)c2)cc1F. The van der Waals surface area contributed by atoms with E-state index in [2.05, 4.69) is 31.1 Å². The van der Waals surface area contributed by atoms with Gasteiger partial charge in [0.05, 0.1) is 18.0 Å². The molecule has 0 saturated heterocycles. The zero-order valence-electron chi connectivity index (χ0n) is 15.8. The fourth-order valence-electron chi connectivity index (χ4n) is 2.97. The number of aromatic nitrogens is 2. The second-order valence-corrected chi connectivity index (χ2v) is 6.82. The van der Waals surface area contributed by atoms with Crippen LogP contribution >= 0.6 is 0 Å². The zero-order chi connectivity index (χ0) is 18.7. The average molecular weight is 352 g/mol. The van der Waals surface area contributed by atoms with Gasteiger partial charge in [0.25, 0.3) is 0 Å². The Morgan fingerprint density at radius 3 is 2.42 bits per heavy atom. The maximum Gasteiger partial charge on any atom is 0.165 e. The molecular formula is C22H25FN2O. The molecule has 0 aliphatic carbocycles. The van der Waals surface area contributed by atoms with Crippen molar-refractivity contribution in [3.63, 3.8) is 0 Å². The van der Waals surface area contributed by atoms with Gasteiger partial charge in [-0.05, 0) is 60.2 Å². The largest absolute Gasteiger partial charge is 0.491 e. The molecule has 0 spiro atoms. The van der Waals surface area contributed by atoms with E-state index in [0.717, 1.165) is 28.9 Å². The van der Waals surface area contributed by atoms with Gasteiger partial charge < -0.3 is 4.74 Å². The van der Waals surface area contributed by atoms with Gasteiger partial charge in [0, 0.05) is 6.20 Å². The van der Waals surface area contributed by atoms with Crippen LogP contribution in [-0.4, -0.2) is 16.4 Å². The summed E-state index contributed by atoms with van der Waals surface area (Å²) in [6.07, 6.45) is 2.81. The molecule has 0 amide bonds. The van der Waals surface area contributed by atoms with E-state index in [-0.39, 0.29) is 5.82 Å². The fourth-order valence-corrected chi connectivity index (χ4v) is 2.97. The van der Waals surface area contributed by atoms with Crippen molar-refractivity contribution >= 4 is 0 Å². The summed E-state index contributed by atoms with van der Waals surface area (Å²) in [6, 6.07) is 13.3. The lowest BCUT2D eigenvalue weighted by atomic mass is 9.96. The molecule has 3 nitrogen and oxygen atoms in total. The van der Waals surface area contributed by atoms with Crippen LogP contribution in [-0.2, 0) is 0 Å². The van der Waals surface area contributed by atoms with Gasteiger partial charge in [0.1, 0.15) is 0 Å². The second kappa shape index (κ2) is 7.73. The topological polar surface area (TPSA) is 27.1 Å². The van der Waals surface area contributed by atoms with Gasteiger partial charge in [0.15, 0.2) is 11.6 Å². The monoisotopic (exact) mass is 352 g/mol. The summed E-state index contributed by atoms with van der Waals surface area (Å²) < 4.78 is 21.7. The molecule has 0 radical (unpaired) electrons. The third-order valence-corrected chi connectivity index (χ3v) is 4.35. The summed E-state index contributed by atoms with van der Waals surface area (Å²) in [5.74, 6) is 0.336. The Bertz CT molecular complexity index is 899. The molecular weight excluding hydrogens is 327 g/mol. The highest BCUT2D eigenvalue weighted by Crippen LogP contribution is 2.31. The summed E-state index contributed by atoms with van der Waals surface area (Å²) >= 11 is 0. The third-order valence-electron chi connectivity index (χ3n) is 4.35. The first-order valence-electron chi connectivity index (χ1n) is 9.09. The Balaban J connectivity index is 2.02. The van der Waals surface area contributed by atoms with Crippen LogP contribution in [0.25, 0.3) is 16.8 Å². The highest BCUT2D eigenvalue weighted by Gasteiger charge is 2.13. The first-order valence-corrected chi connectivity index (χ1v) is 9.09. The van der Waals surface area contributed by atoms with Crippen molar-refractivity contribution in [3.8, 4) is 22.6 Å². The Morgan fingerprint density at radius 1 is 1.08 bits per heavy atom. The van der Waals surface area contributed by atoms with E-state index < -0.39 is 0 Å². The van der Waals surface area contributed by atoms with Gasteiger partial charge in [-0.3, -0.25) is 0 Å². The molecule has 4 heteroatoms. The van der Waals surface area contributed by atoms with E-state index in [0.29, 0.717) is 18.3 Å². The van der Waals surface area contributed by atoms with Crippen molar-refractivity contribution in [2.75, 3.05) is 6.61 Å². The van der Waals surface area contributed by atoms with Crippen LogP contribution in [0.1, 0.15) is 44.4 Å². The summed E-state index contributed by atoms with van der Waals surface area (Å²) in [7, 11) is 0.